The summed E-state index contributed by atoms with van der Waals surface area (Å²) in [6.07, 6.45) is 2.67. The van der Waals surface area contributed by atoms with Gasteiger partial charge in [0.25, 0.3) is 5.91 Å². The molecular weight excluding hydrogens is 434 g/mol. The van der Waals surface area contributed by atoms with Gasteiger partial charge in [0, 0.05) is 10.6 Å². The van der Waals surface area contributed by atoms with Gasteiger partial charge in [-0.05, 0) is 60.0 Å². The Morgan fingerprint density at radius 1 is 1.03 bits per heavy atom. The van der Waals surface area contributed by atoms with Crippen molar-refractivity contribution in [1.29, 1.82) is 0 Å². The monoisotopic (exact) mass is 455 g/mol. The summed E-state index contributed by atoms with van der Waals surface area (Å²) in [7, 11) is -3.51. The Morgan fingerprint density at radius 2 is 1.68 bits per heavy atom. The van der Waals surface area contributed by atoms with Crippen LogP contribution < -0.4 is 9.73 Å². The molecule has 1 amide bonds. The van der Waals surface area contributed by atoms with E-state index in [0.717, 1.165) is 22.9 Å². The van der Waals surface area contributed by atoms with Gasteiger partial charge in [-0.15, -0.1) is 0 Å². The van der Waals surface area contributed by atoms with Crippen molar-refractivity contribution in [3.63, 3.8) is 0 Å². The number of nitrogens with zero attached hydrogens (tertiary/aromatic N) is 2. The molecule has 0 aliphatic carbocycles. The van der Waals surface area contributed by atoms with E-state index in [9.17, 15) is 13.2 Å². The summed E-state index contributed by atoms with van der Waals surface area (Å²) in [4.78, 5) is 12.3. The fourth-order valence-electron chi connectivity index (χ4n) is 2.90. The first-order chi connectivity index (χ1) is 14.7. The van der Waals surface area contributed by atoms with Crippen LogP contribution >= 0.6 is 11.6 Å². The van der Waals surface area contributed by atoms with Gasteiger partial charge in [-0.25, -0.2) is 13.8 Å². The highest BCUT2D eigenvalue weighted by molar-refractivity contribution is 7.92. The van der Waals surface area contributed by atoms with Crippen LogP contribution in [0.3, 0.4) is 0 Å². The Bertz CT molecular complexity index is 1190. The molecule has 0 spiro atoms. The second kappa shape index (κ2) is 9.76. The molecule has 0 unspecified atom stereocenters. The van der Waals surface area contributed by atoms with Crippen LogP contribution in [0.2, 0.25) is 5.02 Å². The number of sulfonamides is 1. The number of rotatable bonds is 7. The molecule has 0 saturated heterocycles. The third kappa shape index (κ3) is 6.16. The van der Waals surface area contributed by atoms with Crippen molar-refractivity contribution in [2.45, 2.75) is 13.5 Å². The second-order valence-electron chi connectivity index (χ2n) is 6.99. The van der Waals surface area contributed by atoms with E-state index in [0.29, 0.717) is 16.3 Å². The van der Waals surface area contributed by atoms with Gasteiger partial charge < -0.3 is 0 Å². The zero-order valence-corrected chi connectivity index (χ0v) is 18.7. The first-order valence-electron chi connectivity index (χ1n) is 9.45. The zero-order chi connectivity index (χ0) is 22.4. The summed E-state index contributed by atoms with van der Waals surface area (Å²) >= 11 is 5.84. The van der Waals surface area contributed by atoms with Crippen LogP contribution in [0.15, 0.2) is 77.9 Å². The second-order valence-corrected chi connectivity index (χ2v) is 9.34. The predicted octanol–water partition coefficient (Wildman–Crippen LogP) is 4.38. The van der Waals surface area contributed by atoms with Crippen LogP contribution in [-0.2, 0) is 16.6 Å². The number of carbonyl (C=O) groups excluding carboxylic acids is 1. The number of halogens is 1. The highest BCUT2D eigenvalue weighted by Crippen LogP contribution is 2.22. The van der Waals surface area contributed by atoms with Crippen molar-refractivity contribution in [3.8, 4) is 0 Å². The number of hydrazone groups is 1. The molecule has 8 heteroatoms. The SMILES string of the molecule is Cc1ccccc1CN(c1ccc(C(=O)N/N=C\c2ccc(Cl)cc2)cc1)S(C)(=O)=O. The van der Waals surface area contributed by atoms with Gasteiger partial charge in [-0.1, -0.05) is 48.0 Å². The lowest BCUT2D eigenvalue weighted by molar-refractivity contribution is 0.0955. The Balaban J connectivity index is 1.72. The summed E-state index contributed by atoms with van der Waals surface area (Å²) in [5.41, 5.74) is 6.00. The van der Waals surface area contributed by atoms with Crippen LogP contribution in [0.4, 0.5) is 5.69 Å². The summed E-state index contributed by atoms with van der Waals surface area (Å²) in [5.74, 6) is -0.401. The van der Waals surface area contributed by atoms with Crippen LogP contribution in [0.1, 0.15) is 27.0 Å². The van der Waals surface area contributed by atoms with Gasteiger partial charge in [0.1, 0.15) is 0 Å². The molecule has 0 aliphatic rings. The minimum Gasteiger partial charge on any atom is -0.267 e. The zero-order valence-electron chi connectivity index (χ0n) is 17.1. The number of nitrogens with one attached hydrogen (secondary N) is 1. The third-order valence-corrected chi connectivity index (χ3v) is 6.04. The summed E-state index contributed by atoms with van der Waals surface area (Å²) < 4.78 is 26.1. The number of amides is 1. The van der Waals surface area contributed by atoms with Crippen molar-refractivity contribution >= 4 is 39.4 Å². The first kappa shape index (κ1) is 22.5. The van der Waals surface area contributed by atoms with Crippen molar-refractivity contribution in [3.05, 3.63) is 100 Å². The quantitative estimate of drug-likeness (QED) is 0.424. The van der Waals surface area contributed by atoms with Gasteiger partial charge in [0.15, 0.2) is 0 Å². The van der Waals surface area contributed by atoms with Crippen molar-refractivity contribution in [2.75, 3.05) is 10.6 Å². The van der Waals surface area contributed by atoms with E-state index in [1.54, 1.807) is 48.5 Å². The van der Waals surface area contributed by atoms with E-state index in [1.165, 1.54) is 10.5 Å². The highest BCUT2D eigenvalue weighted by Gasteiger charge is 2.19. The van der Waals surface area contributed by atoms with Gasteiger partial charge in [-0.3, -0.25) is 9.10 Å². The van der Waals surface area contributed by atoms with Crippen LogP contribution in [0, 0.1) is 6.92 Å². The molecule has 0 aromatic heterocycles. The number of benzene rings is 3. The standard InChI is InChI=1S/C23H22ClN3O3S/c1-17-5-3-4-6-20(17)16-27(31(2,29)30)22-13-9-19(10-14-22)23(28)26-25-15-18-7-11-21(24)12-8-18/h3-15H,16H2,1-2H3,(H,26,28)/b25-15-. The molecule has 6 nitrogen and oxygen atoms in total. The number of carbonyl (C=O) groups is 1. The Morgan fingerprint density at radius 3 is 2.29 bits per heavy atom. The van der Waals surface area contributed by atoms with E-state index in [4.69, 9.17) is 11.6 Å². The molecule has 0 bridgehead atoms. The number of aryl methyl sites for hydroxylation is 1. The molecule has 0 atom stereocenters. The molecule has 3 aromatic rings. The first-order valence-corrected chi connectivity index (χ1v) is 11.7. The van der Waals surface area contributed by atoms with Crippen LogP contribution in [-0.4, -0.2) is 26.8 Å². The lowest BCUT2D eigenvalue weighted by Gasteiger charge is -2.23. The number of hydrogen-bond acceptors (Lipinski definition) is 4. The van der Waals surface area contributed by atoms with Gasteiger partial charge in [0.05, 0.1) is 24.7 Å². The van der Waals surface area contributed by atoms with E-state index < -0.39 is 15.9 Å². The van der Waals surface area contributed by atoms with Crippen LogP contribution in [0.25, 0.3) is 0 Å². The van der Waals surface area contributed by atoms with E-state index >= 15 is 0 Å². The smallest absolute Gasteiger partial charge is 0.267 e. The number of anilines is 1. The number of hydrogen-bond donors (Lipinski definition) is 1. The molecule has 3 rings (SSSR count). The van der Waals surface area contributed by atoms with E-state index in [-0.39, 0.29) is 6.54 Å². The molecule has 0 radical (unpaired) electrons. The molecule has 3 aromatic carbocycles. The topological polar surface area (TPSA) is 78.8 Å². The largest absolute Gasteiger partial charge is 0.271 e. The van der Waals surface area contributed by atoms with Gasteiger partial charge in [-0.2, -0.15) is 5.10 Å². The summed E-state index contributed by atoms with van der Waals surface area (Å²) in [5, 5.41) is 4.55. The normalized spacial score (nSPS) is 11.5. The molecular formula is C23H22ClN3O3S. The lowest BCUT2D eigenvalue weighted by Crippen LogP contribution is -2.29. The fraction of sp³-hybridized carbons (Fsp3) is 0.130. The van der Waals surface area contributed by atoms with Crippen molar-refractivity contribution in [1.82, 2.24) is 5.43 Å². The molecule has 31 heavy (non-hydrogen) atoms. The third-order valence-electron chi connectivity index (χ3n) is 4.64. The Kier molecular flexibility index (Phi) is 7.09. The average Bonchev–Trinajstić information content (AvgIpc) is 2.74. The van der Waals surface area contributed by atoms with Crippen LogP contribution in [0.5, 0.6) is 0 Å². The van der Waals surface area contributed by atoms with E-state index in [2.05, 4.69) is 10.5 Å². The van der Waals surface area contributed by atoms with Crippen molar-refractivity contribution < 1.29 is 13.2 Å². The summed E-state index contributed by atoms with van der Waals surface area (Å²) in [6.45, 7) is 2.15. The van der Waals surface area contributed by atoms with Crippen molar-refractivity contribution in [2.24, 2.45) is 5.10 Å². The fourth-order valence-corrected chi connectivity index (χ4v) is 3.90. The lowest BCUT2D eigenvalue weighted by atomic mass is 10.1. The molecule has 0 fully saturated rings. The maximum absolute atomic E-state index is 12.4. The Labute approximate surface area is 187 Å². The Hall–Kier alpha value is -3.16. The highest BCUT2D eigenvalue weighted by atomic mass is 35.5. The molecule has 1 N–H and O–H groups in total. The molecule has 160 valence electrons. The average molecular weight is 456 g/mol. The maximum atomic E-state index is 12.4. The molecule has 0 aliphatic heterocycles. The van der Waals surface area contributed by atoms with E-state index in [1.807, 2.05) is 31.2 Å². The minimum absolute atomic E-state index is 0.211. The predicted molar refractivity (Wildman–Crippen MR) is 125 cm³/mol. The maximum Gasteiger partial charge on any atom is 0.271 e. The van der Waals surface area contributed by atoms with Gasteiger partial charge in [0.2, 0.25) is 10.0 Å². The summed E-state index contributed by atoms with van der Waals surface area (Å²) in [6, 6.07) is 21.0. The molecule has 0 heterocycles. The minimum atomic E-state index is -3.51. The van der Waals surface area contributed by atoms with Gasteiger partial charge >= 0.3 is 0 Å². The molecule has 0 saturated carbocycles.